The normalized spacial score (nSPS) is 14.8. The van der Waals surface area contributed by atoms with Gasteiger partial charge in [0.25, 0.3) is 0 Å². The largest absolute Gasteiger partial charge is 0.494 e. The maximum absolute atomic E-state index is 12.7. The number of hydrogen-bond acceptors (Lipinski definition) is 8. The monoisotopic (exact) mass is 526 g/mol. The van der Waals surface area contributed by atoms with E-state index in [1.165, 1.54) is 22.7 Å². The molecule has 0 aromatic carbocycles. The van der Waals surface area contributed by atoms with Gasteiger partial charge in [-0.2, -0.15) is 5.26 Å². The molecular formula is C26H30N4O4S2. The Kier molecular flexibility index (Phi) is 10.3. The molecule has 2 heterocycles. The molecular weight excluding hydrogens is 496 g/mol. The van der Waals surface area contributed by atoms with Gasteiger partial charge in [-0.1, -0.05) is 25.3 Å². The Hall–Kier alpha value is -3.42. The molecule has 0 fully saturated rings. The van der Waals surface area contributed by atoms with Gasteiger partial charge in [0, 0.05) is 22.9 Å². The number of allylic oxidation sites excluding steroid dienone is 3. The van der Waals surface area contributed by atoms with Crippen molar-refractivity contribution in [1.82, 2.24) is 10.3 Å². The van der Waals surface area contributed by atoms with Crippen LogP contribution in [0.5, 0.6) is 0 Å². The number of rotatable bonds is 12. The van der Waals surface area contributed by atoms with Crippen molar-refractivity contribution in [2.45, 2.75) is 45.6 Å². The molecule has 190 valence electrons. The summed E-state index contributed by atoms with van der Waals surface area (Å²) >= 11 is 2.90. The molecule has 8 nitrogen and oxygen atoms in total. The fourth-order valence-electron chi connectivity index (χ4n) is 3.90. The Balaban J connectivity index is 1.53. The highest BCUT2D eigenvalue weighted by atomic mass is 32.1. The average Bonchev–Trinajstić information content (AvgIpc) is 3.51. The van der Waals surface area contributed by atoms with Crippen LogP contribution in [-0.4, -0.2) is 30.2 Å². The zero-order valence-electron chi connectivity index (χ0n) is 20.3. The van der Waals surface area contributed by atoms with Crippen molar-refractivity contribution in [3.8, 4) is 6.07 Å². The molecule has 1 aliphatic carbocycles. The number of nitrogens with zero attached hydrogens (tertiary/aromatic N) is 2. The summed E-state index contributed by atoms with van der Waals surface area (Å²) in [5, 5.41) is 18.6. The average molecular weight is 527 g/mol. The summed E-state index contributed by atoms with van der Waals surface area (Å²) in [5.41, 5.74) is 2.33. The Morgan fingerprint density at radius 2 is 2.19 bits per heavy atom. The van der Waals surface area contributed by atoms with Gasteiger partial charge in [0.05, 0.1) is 25.3 Å². The zero-order valence-corrected chi connectivity index (χ0v) is 21.9. The molecule has 2 N–H and O–H groups in total. The number of ether oxygens (including phenoxy) is 2. The third-order valence-electron chi connectivity index (χ3n) is 5.67. The van der Waals surface area contributed by atoms with E-state index in [-0.39, 0.29) is 18.2 Å². The molecule has 0 bridgehead atoms. The van der Waals surface area contributed by atoms with Crippen LogP contribution in [0, 0.1) is 17.2 Å². The smallest absolute Gasteiger partial charge is 0.407 e. The predicted octanol–water partition coefficient (Wildman–Crippen LogP) is 5.49. The Morgan fingerprint density at radius 3 is 2.89 bits per heavy atom. The van der Waals surface area contributed by atoms with Crippen LogP contribution in [0.2, 0.25) is 0 Å². The van der Waals surface area contributed by atoms with E-state index in [1.54, 1.807) is 18.3 Å². The van der Waals surface area contributed by atoms with Crippen LogP contribution in [0.15, 0.2) is 48.2 Å². The van der Waals surface area contributed by atoms with Crippen molar-refractivity contribution < 1.29 is 19.1 Å². The molecule has 10 heteroatoms. The van der Waals surface area contributed by atoms with Gasteiger partial charge in [-0.3, -0.25) is 4.79 Å². The highest BCUT2D eigenvalue weighted by molar-refractivity contribution is 7.16. The van der Waals surface area contributed by atoms with Gasteiger partial charge < -0.3 is 20.1 Å². The van der Waals surface area contributed by atoms with E-state index in [2.05, 4.69) is 34.8 Å². The second-order valence-electron chi connectivity index (χ2n) is 8.14. The zero-order chi connectivity index (χ0) is 25.9. The van der Waals surface area contributed by atoms with Crippen LogP contribution >= 0.6 is 22.7 Å². The second-order valence-corrected chi connectivity index (χ2v) is 10.2. The molecule has 2 aromatic heterocycles. The lowest BCUT2D eigenvalue weighted by atomic mass is 9.88. The van der Waals surface area contributed by atoms with E-state index in [0.29, 0.717) is 55.3 Å². The topological polar surface area (TPSA) is 113 Å². The molecule has 2 amide bonds. The number of fused-ring (bicyclic) bond motifs is 1. The molecule has 2 aromatic rings. The fourth-order valence-corrected chi connectivity index (χ4v) is 5.78. The number of alkyl carbamates (subject to hydrolysis) is 1. The number of amides is 2. The van der Waals surface area contributed by atoms with Crippen LogP contribution in [0.3, 0.4) is 0 Å². The van der Waals surface area contributed by atoms with E-state index < -0.39 is 6.09 Å². The third kappa shape index (κ3) is 7.54. The fraction of sp³-hybridized carbons (Fsp3) is 0.385. The van der Waals surface area contributed by atoms with Gasteiger partial charge in [-0.05, 0) is 49.7 Å². The van der Waals surface area contributed by atoms with Crippen LogP contribution in [0.4, 0.5) is 9.80 Å². The number of thiophene rings is 1. The number of nitriles is 1. The number of anilines is 1. The van der Waals surface area contributed by atoms with Gasteiger partial charge in [0.2, 0.25) is 5.91 Å². The summed E-state index contributed by atoms with van der Waals surface area (Å²) in [6, 6.07) is 2.26. The van der Waals surface area contributed by atoms with Crippen LogP contribution in [0.25, 0.3) is 0 Å². The lowest BCUT2D eigenvalue weighted by Crippen LogP contribution is -2.27. The minimum atomic E-state index is -0.468. The van der Waals surface area contributed by atoms with Gasteiger partial charge in [0.15, 0.2) is 0 Å². The van der Waals surface area contributed by atoms with E-state index >= 15 is 0 Å². The number of aromatic nitrogens is 1. The van der Waals surface area contributed by atoms with Crippen LogP contribution in [-0.2, 0) is 33.7 Å². The lowest BCUT2D eigenvalue weighted by molar-refractivity contribution is -0.116. The number of hydrogen-bond donors (Lipinski definition) is 2. The Labute approximate surface area is 219 Å². The first kappa shape index (κ1) is 27.2. The number of nitrogens with one attached hydrogen (secondary N) is 2. The van der Waals surface area contributed by atoms with Crippen molar-refractivity contribution in [3.63, 3.8) is 0 Å². The van der Waals surface area contributed by atoms with Gasteiger partial charge in [0.1, 0.15) is 21.8 Å². The first-order valence-corrected chi connectivity index (χ1v) is 13.4. The molecule has 0 radical (unpaired) electrons. The van der Waals surface area contributed by atoms with Crippen molar-refractivity contribution in [3.05, 3.63) is 69.2 Å². The first-order chi connectivity index (χ1) is 17.4. The molecule has 36 heavy (non-hydrogen) atoms. The first-order valence-electron chi connectivity index (χ1n) is 11.7. The quantitative estimate of drug-likeness (QED) is 0.279. The highest BCUT2D eigenvalue weighted by Gasteiger charge is 2.27. The maximum Gasteiger partial charge on any atom is 0.407 e. The molecule has 1 aliphatic rings. The summed E-state index contributed by atoms with van der Waals surface area (Å²) in [6.45, 7) is 10.6. The van der Waals surface area contributed by atoms with Gasteiger partial charge in [-0.25, -0.2) is 9.78 Å². The van der Waals surface area contributed by atoms with Crippen LogP contribution < -0.4 is 10.6 Å². The summed E-state index contributed by atoms with van der Waals surface area (Å²) in [7, 11) is 0. The summed E-state index contributed by atoms with van der Waals surface area (Å²) < 4.78 is 10.9. The van der Waals surface area contributed by atoms with Crippen molar-refractivity contribution >= 4 is 39.7 Å². The van der Waals surface area contributed by atoms with E-state index in [0.717, 1.165) is 27.4 Å². The van der Waals surface area contributed by atoms with E-state index in [9.17, 15) is 14.9 Å². The van der Waals surface area contributed by atoms with Crippen molar-refractivity contribution in [2.75, 3.05) is 18.5 Å². The van der Waals surface area contributed by atoms with E-state index in [1.807, 2.05) is 12.3 Å². The standard InChI is InChI=1S/C26H30N4O4S2/c1-4-6-19(17(3)33-5-2)8-10-23(31)30-25-21(14-27)20-9-7-18(13-22(20)36-25)16-34-26(32)29-15-24-28-11-12-35-24/h4,6,11-12,18H,1,3,5,7-10,13,15-16H2,2H3,(H,29,32)(H,30,31)/b19-6-. The molecule has 0 aliphatic heterocycles. The SMILES string of the molecule is C=C/C=C(/CCC(=O)Nc1sc2c(c1C#N)CCC(COC(=O)NCc1nccs1)C2)C(=C)OCC. The maximum atomic E-state index is 12.7. The minimum Gasteiger partial charge on any atom is -0.494 e. The minimum absolute atomic E-state index is 0.160. The van der Waals surface area contributed by atoms with Crippen molar-refractivity contribution in [1.29, 1.82) is 5.26 Å². The Morgan fingerprint density at radius 1 is 1.36 bits per heavy atom. The van der Waals surface area contributed by atoms with Crippen molar-refractivity contribution in [2.24, 2.45) is 5.92 Å². The molecule has 3 rings (SSSR count). The number of thiazole rings is 1. The summed E-state index contributed by atoms with van der Waals surface area (Å²) in [5.74, 6) is 0.508. The van der Waals surface area contributed by atoms with Crippen LogP contribution in [0.1, 0.15) is 47.2 Å². The van der Waals surface area contributed by atoms with Gasteiger partial charge in [-0.15, -0.1) is 22.7 Å². The van der Waals surface area contributed by atoms with E-state index in [4.69, 9.17) is 9.47 Å². The predicted molar refractivity (Wildman–Crippen MR) is 142 cm³/mol. The number of carbonyl (C=O) groups excluding carboxylic acids is 2. The Bertz CT molecular complexity index is 1160. The summed E-state index contributed by atoms with van der Waals surface area (Å²) in [4.78, 5) is 29.9. The molecule has 1 atom stereocenters. The molecule has 0 saturated heterocycles. The molecule has 0 saturated carbocycles. The second kappa shape index (κ2) is 13.6. The molecule has 0 spiro atoms. The number of carbonyl (C=O) groups is 2. The van der Waals surface area contributed by atoms with Gasteiger partial charge >= 0.3 is 6.09 Å². The highest BCUT2D eigenvalue weighted by Crippen LogP contribution is 2.39. The summed E-state index contributed by atoms with van der Waals surface area (Å²) in [6.07, 6.45) is 7.55. The molecule has 1 unspecified atom stereocenters. The third-order valence-corrected chi connectivity index (χ3v) is 7.62. The lowest BCUT2D eigenvalue weighted by Gasteiger charge is -2.21.